The van der Waals surface area contributed by atoms with E-state index in [1.165, 1.54) is 6.42 Å². The minimum atomic E-state index is 0.242. The van der Waals surface area contributed by atoms with E-state index in [0.717, 1.165) is 52.0 Å². The molecule has 1 amide bonds. The van der Waals surface area contributed by atoms with Crippen molar-refractivity contribution >= 4 is 5.91 Å². The average Bonchev–Trinajstić information content (AvgIpc) is 3.10. The van der Waals surface area contributed by atoms with Gasteiger partial charge in [0.1, 0.15) is 0 Å². The summed E-state index contributed by atoms with van der Waals surface area (Å²) in [6.45, 7) is 3.40. The van der Waals surface area contributed by atoms with Crippen molar-refractivity contribution < 1.29 is 9.53 Å². The van der Waals surface area contributed by atoms with E-state index < -0.39 is 0 Å². The van der Waals surface area contributed by atoms with Gasteiger partial charge in [0, 0.05) is 38.3 Å². The zero-order valence-electron chi connectivity index (χ0n) is 9.84. The second-order valence-corrected chi connectivity index (χ2v) is 4.76. The topological polar surface area (TPSA) is 50.4 Å². The highest BCUT2D eigenvalue weighted by atomic mass is 16.5. The highest BCUT2D eigenvalue weighted by molar-refractivity contribution is 5.80. The maximum absolute atomic E-state index is 11.4. The minimum absolute atomic E-state index is 0.242. The van der Waals surface area contributed by atoms with Crippen molar-refractivity contribution in [2.45, 2.75) is 38.1 Å². The van der Waals surface area contributed by atoms with Gasteiger partial charge >= 0.3 is 0 Å². The standard InChI is InChI=1S/C12H22N2O2/c15-12(10-3-4-10)14-7-6-13-11-2-1-8-16-9-5-11/h10-11,13H,1-9H2,(H,14,15). The molecule has 1 atom stereocenters. The predicted octanol–water partition coefficient (Wildman–Crippen LogP) is 0.671. The zero-order chi connectivity index (χ0) is 11.2. The molecule has 92 valence electrons. The predicted molar refractivity (Wildman–Crippen MR) is 62.2 cm³/mol. The molecular weight excluding hydrogens is 204 g/mol. The van der Waals surface area contributed by atoms with E-state index in [2.05, 4.69) is 10.6 Å². The van der Waals surface area contributed by atoms with Crippen LogP contribution in [0.25, 0.3) is 0 Å². The molecule has 1 aliphatic heterocycles. The monoisotopic (exact) mass is 226 g/mol. The lowest BCUT2D eigenvalue weighted by Gasteiger charge is -2.15. The third-order valence-corrected chi connectivity index (χ3v) is 3.26. The van der Waals surface area contributed by atoms with Gasteiger partial charge in [0.25, 0.3) is 0 Å². The van der Waals surface area contributed by atoms with Crippen LogP contribution in [0.4, 0.5) is 0 Å². The minimum Gasteiger partial charge on any atom is -0.381 e. The van der Waals surface area contributed by atoms with Crippen LogP contribution in [0.2, 0.25) is 0 Å². The highest BCUT2D eigenvalue weighted by Gasteiger charge is 2.28. The summed E-state index contributed by atoms with van der Waals surface area (Å²) in [6.07, 6.45) is 5.59. The van der Waals surface area contributed by atoms with Gasteiger partial charge in [0.2, 0.25) is 5.91 Å². The molecule has 2 rings (SSSR count). The average molecular weight is 226 g/mol. The lowest BCUT2D eigenvalue weighted by atomic mass is 10.1. The highest BCUT2D eigenvalue weighted by Crippen LogP contribution is 2.28. The SMILES string of the molecule is O=C(NCCNC1CCCOCC1)C1CC1. The lowest BCUT2D eigenvalue weighted by Crippen LogP contribution is -2.37. The van der Waals surface area contributed by atoms with E-state index in [1.807, 2.05) is 0 Å². The number of rotatable bonds is 5. The number of carbonyl (C=O) groups excluding carboxylic acids is 1. The number of ether oxygens (including phenoxy) is 1. The Balaban J connectivity index is 1.51. The molecule has 1 heterocycles. The van der Waals surface area contributed by atoms with Crippen molar-refractivity contribution in [3.8, 4) is 0 Å². The van der Waals surface area contributed by atoms with Crippen LogP contribution in [0.3, 0.4) is 0 Å². The molecule has 2 N–H and O–H groups in total. The molecule has 1 aliphatic carbocycles. The van der Waals surface area contributed by atoms with Crippen molar-refractivity contribution in [3.63, 3.8) is 0 Å². The number of carbonyl (C=O) groups is 1. The first-order valence-electron chi connectivity index (χ1n) is 6.45. The zero-order valence-corrected chi connectivity index (χ0v) is 9.84. The van der Waals surface area contributed by atoms with Crippen molar-refractivity contribution in [2.75, 3.05) is 26.3 Å². The van der Waals surface area contributed by atoms with Gasteiger partial charge in [-0.3, -0.25) is 4.79 Å². The van der Waals surface area contributed by atoms with Gasteiger partial charge in [-0.25, -0.2) is 0 Å². The largest absolute Gasteiger partial charge is 0.381 e. The summed E-state index contributed by atoms with van der Waals surface area (Å²) in [4.78, 5) is 11.4. The van der Waals surface area contributed by atoms with E-state index in [-0.39, 0.29) is 5.91 Å². The molecular formula is C12H22N2O2. The second kappa shape index (κ2) is 6.21. The Labute approximate surface area is 97.1 Å². The maximum Gasteiger partial charge on any atom is 0.223 e. The number of hydrogen-bond acceptors (Lipinski definition) is 3. The van der Waals surface area contributed by atoms with Crippen LogP contribution < -0.4 is 10.6 Å². The second-order valence-electron chi connectivity index (χ2n) is 4.76. The molecule has 4 nitrogen and oxygen atoms in total. The smallest absolute Gasteiger partial charge is 0.223 e. The van der Waals surface area contributed by atoms with Gasteiger partial charge in [0.05, 0.1) is 0 Å². The molecule has 2 aliphatic rings. The van der Waals surface area contributed by atoms with E-state index in [9.17, 15) is 4.79 Å². The third-order valence-electron chi connectivity index (χ3n) is 3.26. The molecule has 0 aromatic carbocycles. The molecule has 0 aromatic rings. The summed E-state index contributed by atoms with van der Waals surface area (Å²) in [5.74, 6) is 0.567. The Hall–Kier alpha value is -0.610. The fourth-order valence-corrected chi connectivity index (χ4v) is 2.06. The molecule has 16 heavy (non-hydrogen) atoms. The van der Waals surface area contributed by atoms with Crippen LogP contribution in [0, 0.1) is 5.92 Å². The fourth-order valence-electron chi connectivity index (χ4n) is 2.06. The summed E-state index contributed by atoms with van der Waals surface area (Å²) in [7, 11) is 0. The molecule has 1 unspecified atom stereocenters. The van der Waals surface area contributed by atoms with Crippen LogP contribution in [-0.4, -0.2) is 38.3 Å². The summed E-state index contributed by atoms with van der Waals surface area (Å²) >= 11 is 0. The normalized spacial score (nSPS) is 26.1. The fraction of sp³-hybridized carbons (Fsp3) is 0.917. The van der Waals surface area contributed by atoms with E-state index in [4.69, 9.17) is 4.74 Å². The van der Waals surface area contributed by atoms with Crippen molar-refractivity contribution in [1.29, 1.82) is 0 Å². The number of hydrogen-bond donors (Lipinski definition) is 2. The Morgan fingerprint density at radius 2 is 2.00 bits per heavy atom. The first-order valence-corrected chi connectivity index (χ1v) is 6.45. The van der Waals surface area contributed by atoms with Gasteiger partial charge in [-0.1, -0.05) is 0 Å². The molecule has 0 aromatic heterocycles. The molecule has 0 spiro atoms. The molecule has 1 saturated heterocycles. The van der Waals surface area contributed by atoms with E-state index in [0.29, 0.717) is 12.0 Å². The van der Waals surface area contributed by atoms with Gasteiger partial charge in [-0.05, 0) is 32.1 Å². The molecule has 1 saturated carbocycles. The van der Waals surface area contributed by atoms with Gasteiger partial charge < -0.3 is 15.4 Å². The van der Waals surface area contributed by atoms with Gasteiger partial charge in [-0.2, -0.15) is 0 Å². The van der Waals surface area contributed by atoms with Crippen LogP contribution >= 0.6 is 0 Å². The van der Waals surface area contributed by atoms with Crippen molar-refractivity contribution in [3.05, 3.63) is 0 Å². The summed E-state index contributed by atoms with van der Waals surface area (Å²) in [5, 5.41) is 6.45. The van der Waals surface area contributed by atoms with Crippen molar-refractivity contribution in [1.82, 2.24) is 10.6 Å². The summed E-state index contributed by atoms with van der Waals surface area (Å²) < 4.78 is 5.40. The summed E-state index contributed by atoms with van der Waals surface area (Å²) in [6, 6.07) is 0.570. The molecule has 4 heteroatoms. The quantitative estimate of drug-likeness (QED) is 0.678. The Morgan fingerprint density at radius 3 is 2.81 bits per heavy atom. The van der Waals surface area contributed by atoms with Crippen LogP contribution in [-0.2, 0) is 9.53 Å². The van der Waals surface area contributed by atoms with Crippen LogP contribution in [0.1, 0.15) is 32.1 Å². The van der Waals surface area contributed by atoms with Gasteiger partial charge in [-0.15, -0.1) is 0 Å². The third kappa shape index (κ3) is 4.10. The van der Waals surface area contributed by atoms with E-state index in [1.54, 1.807) is 0 Å². The van der Waals surface area contributed by atoms with Crippen LogP contribution in [0.15, 0.2) is 0 Å². The Kier molecular flexibility index (Phi) is 4.60. The molecule has 2 fully saturated rings. The lowest BCUT2D eigenvalue weighted by molar-refractivity contribution is -0.122. The number of nitrogens with one attached hydrogen (secondary N) is 2. The van der Waals surface area contributed by atoms with Crippen LogP contribution in [0.5, 0.6) is 0 Å². The summed E-state index contributed by atoms with van der Waals surface area (Å²) in [5.41, 5.74) is 0. The Morgan fingerprint density at radius 1 is 1.12 bits per heavy atom. The van der Waals surface area contributed by atoms with Crippen molar-refractivity contribution in [2.24, 2.45) is 5.92 Å². The Bertz CT molecular complexity index is 221. The maximum atomic E-state index is 11.4. The first kappa shape index (κ1) is 11.9. The molecule has 0 radical (unpaired) electrons. The first-order chi connectivity index (χ1) is 7.86. The van der Waals surface area contributed by atoms with Gasteiger partial charge in [0.15, 0.2) is 0 Å². The number of amides is 1. The van der Waals surface area contributed by atoms with E-state index >= 15 is 0 Å². The molecule has 0 bridgehead atoms.